The molecule has 0 aliphatic carbocycles. The maximum absolute atomic E-state index is 12.8. The molecule has 0 aliphatic heterocycles. The monoisotopic (exact) mass is 185 g/mol. The lowest BCUT2D eigenvalue weighted by Crippen LogP contribution is -2.04. The van der Waals surface area contributed by atoms with Crippen LogP contribution in [-0.4, -0.2) is 16.0 Å². The van der Waals surface area contributed by atoms with E-state index >= 15 is 0 Å². The molecule has 0 heterocycles. The second kappa shape index (κ2) is 3.18. The van der Waals surface area contributed by atoms with Gasteiger partial charge in [0, 0.05) is 0 Å². The van der Waals surface area contributed by atoms with Gasteiger partial charge in [-0.25, -0.2) is 4.79 Å². The fourth-order valence-electron chi connectivity index (χ4n) is 0.873. The summed E-state index contributed by atoms with van der Waals surface area (Å²) in [5, 5.41) is 18.7. The van der Waals surface area contributed by atoms with E-state index in [-0.39, 0.29) is 0 Å². The molecule has 1 N–H and O–H groups in total. The Kier molecular flexibility index (Phi) is 2.23. The zero-order chi connectivity index (χ0) is 10.0. The number of para-hydroxylation sites is 1. The van der Waals surface area contributed by atoms with Crippen LogP contribution in [0, 0.1) is 15.9 Å². The van der Waals surface area contributed by atoms with Crippen LogP contribution < -0.4 is 0 Å². The molecule has 6 heteroatoms. The average Bonchev–Trinajstić information content (AvgIpc) is 2.02. The molecule has 5 nitrogen and oxygen atoms in total. The van der Waals surface area contributed by atoms with Gasteiger partial charge in [-0.1, -0.05) is 6.07 Å². The molecular weight excluding hydrogens is 181 g/mol. The van der Waals surface area contributed by atoms with Crippen molar-refractivity contribution in [1.29, 1.82) is 0 Å². The number of rotatable bonds is 2. The van der Waals surface area contributed by atoms with Gasteiger partial charge in [0.25, 0.3) is 0 Å². The molecule has 0 fully saturated rings. The number of nitrogens with zero attached hydrogens (tertiary/aromatic N) is 1. The summed E-state index contributed by atoms with van der Waals surface area (Å²) in [7, 11) is 0. The van der Waals surface area contributed by atoms with E-state index in [1.165, 1.54) is 0 Å². The first kappa shape index (κ1) is 9.11. The Morgan fingerprint density at radius 2 is 2.15 bits per heavy atom. The number of hydrogen-bond acceptors (Lipinski definition) is 3. The topological polar surface area (TPSA) is 80.4 Å². The number of nitro benzene ring substituents is 1. The highest BCUT2D eigenvalue weighted by Crippen LogP contribution is 2.21. The zero-order valence-corrected chi connectivity index (χ0v) is 6.23. The van der Waals surface area contributed by atoms with Crippen LogP contribution in [0.3, 0.4) is 0 Å². The van der Waals surface area contributed by atoms with Gasteiger partial charge in [-0.2, -0.15) is 4.39 Å². The minimum Gasteiger partial charge on any atom is -0.477 e. The van der Waals surface area contributed by atoms with Crippen molar-refractivity contribution in [2.75, 3.05) is 0 Å². The summed E-state index contributed by atoms with van der Waals surface area (Å²) in [6, 6.07) is 2.92. The van der Waals surface area contributed by atoms with Gasteiger partial charge in [0.1, 0.15) is 5.56 Å². The zero-order valence-electron chi connectivity index (χ0n) is 6.23. The summed E-state index contributed by atoms with van der Waals surface area (Å²) in [6.07, 6.45) is 0. The maximum atomic E-state index is 12.8. The van der Waals surface area contributed by atoms with Gasteiger partial charge in [0.05, 0.1) is 4.92 Å². The summed E-state index contributed by atoms with van der Waals surface area (Å²) in [5.41, 5.74) is -1.65. The van der Waals surface area contributed by atoms with Crippen LogP contribution in [0.25, 0.3) is 0 Å². The Balaban J connectivity index is 3.43. The van der Waals surface area contributed by atoms with Crippen molar-refractivity contribution in [3.05, 3.63) is 39.7 Å². The van der Waals surface area contributed by atoms with Crippen molar-refractivity contribution in [2.24, 2.45) is 0 Å². The summed E-state index contributed by atoms with van der Waals surface area (Å²) in [5.74, 6) is -2.67. The minimum atomic E-state index is -1.52. The Morgan fingerprint density at radius 3 is 2.54 bits per heavy atom. The van der Waals surface area contributed by atoms with Crippen molar-refractivity contribution >= 4 is 11.7 Å². The standard InChI is InChI=1S/C7H4FNO4/c8-5-3-1-2-4(7(10)11)6(5)9(12)13/h1-3H,(H,10,11). The molecule has 0 bridgehead atoms. The Bertz CT molecular complexity index is 377. The number of carboxylic acid groups (broad SMARTS) is 1. The van der Waals surface area contributed by atoms with E-state index in [0.29, 0.717) is 0 Å². The summed E-state index contributed by atoms with van der Waals surface area (Å²) >= 11 is 0. The molecule has 0 saturated heterocycles. The first-order valence-electron chi connectivity index (χ1n) is 3.20. The van der Waals surface area contributed by atoms with Gasteiger partial charge in [0.2, 0.25) is 5.82 Å². The minimum absolute atomic E-state index is 0.648. The van der Waals surface area contributed by atoms with Crippen LogP contribution >= 0.6 is 0 Å². The highest BCUT2D eigenvalue weighted by Gasteiger charge is 2.23. The quantitative estimate of drug-likeness (QED) is 0.558. The molecule has 0 atom stereocenters. The average molecular weight is 185 g/mol. The van der Waals surface area contributed by atoms with E-state index in [1.807, 2.05) is 0 Å². The molecule has 68 valence electrons. The third-order valence-electron chi connectivity index (χ3n) is 1.40. The summed E-state index contributed by atoms with van der Waals surface area (Å²) in [6.45, 7) is 0. The molecule has 0 aliphatic rings. The molecule has 1 aromatic carbocycles. The van der Waals surface area contributed by atoms with Gasteiger partial charge in [-0.3, -0.25) is 10.1 Å². The van der Waals surface area contributed by atoms with E-state index in [1.54, 1.807) is 0 Å². The Hall–Kier alpha value is -1.98. The number of carbonyl (C=O) groups is 1. The van der Waals surface area contributed by atoms with Gasteiger partial charge < -0.3 is 5.11 Å². The number of hydrogen-bond donors (Lipinski definition) is 1. The SMILES string of the molecule is O=C(O)c1cccc(F)c1[N+](=O)[O-]. The summed E-state index contributed by atoms with van der Waals surface area (Å²) in [4.78, 5) is 19.6. The van der Waals surface area contributed by atoms with Crippen LogP contribution in [0.1, 0.15) is 10.4 Å². The predicted octanol–water partition coefficient (Wildman–Crippen LogP) is 1.43. The Morgan fingerprint density at radius 1 is 1.54 bits per heavy atom. The van der Waals surface area contributed by atoms with Crippen LogP contribution in [0.5, 0.6) is 0 Å². The number of aromatic carboxylic acids is 1. The molecule has 0 aromatic heterocycles. The lowest BCUT2D eigenvalue weighted by Gasteiger charge is -1.97. The lowest BCUT2D eigenvalue weighted by atomic mass is 10.2. The first-order chi connectivity index (χ1) is 6.04. The van der Waals surface area contributed by atoms with Gasteiger partial charge in [0.15, 0.2) is 0 Å². The van der Waals surface area contributed by atoms with Gasteiger partial charge in [-0.15, -0.1) is 0 Å². The van der Waals surface area contributed by atoms with Gasteiger partial charge >= 0.3 is 11.7 Å². The van der Waals surface area contributed by atoms with E-state index in [9.17, 15) is 19.3 Å². The maximum Gasteiger partial charge on any atom is 0.342 e. The van der Waals surface area contributed by atoms with Gasteiger partial charge in [-0.05, 0) is 12.1 Å². The van der Waals surface area contributed by atoms with Crippen molar-refractivity contribution in [1.82, 2.24) is 0 Å². The fraction of sp³-hybridized carbons (Fsp3) is 0. The number of nitro groups is 1. The second-order valence-corrected chi connectivity index (χ2v) is 2.20. The predicted molar refractivity (Wildman–Crippen MR) is 40.0 cm³/mol. The molecule has 1 rings (SSSR count). The number of halogens is 1. The van der Waals surface area contributed by atoms with Crippen molar-refractivity contribution in [3.8, 4) is 0 Å². The van der Waals surface area contributed by atoms with Crippen LogP contribution in [0.4, 0.5) is 10.1 Å². The Labute approximate surface area is 71.6 Å². The largest absolute Gasteiger partial charge is 0.477 e. The first-order valence-corrected chi connectivity index (χ1v) is 3.20. The third-order valence-corrected chi connectivity index (χ3v) is 1.40. The normalized spacial score (nSPS) is 9.62. The highest BCUT2D eigenvalue weighted by molar-refractivity contribution is 5.92. The molecule has 0 spiro atoms. The van der Waals surface area contributed by atoms with Crippen molar-refractivity contribution < 1.29 is 19.2 Å². The van der Waals surface area contributed by atoms with Crippen molar-refractivity contribution in [2.45, 2.75) is 0 Å². The molecule has 0 saturated carbocycles. The van der Waals surface area contributed by atoms with E-state index in [2.05, 4.69) is 0 Å². The molecule has 13 heavy (non-hydrogen) atoms. The van der Waals surface area contributed by atoms with Crippen LogP contribution in [-0.2, 0) is 0 Å². The molecule has 0 unspecified atom stereocenters. The highest BCUT2D eigenvalue weighted by atomic mass is 19.1. The lowest BCUT2D eigenvalue weighted by molar-refractivity contribution is -0.387. The smallest absolute Gasteiger partial charge is 0.342 e. The van der Waals surface area contributed by atoms with E-state index in [0.717, 1.165) is 18.2 Å². The number of carboxylic acids is 1. The second-order valence-electron chi connectivity index (χ2n) is 2.20. The van der Waals surface area contributed by atoms with Crippen molar-refractivity contribution in [3.63, 3.8) is 0 Å². The number of benzene rings is 1. The van der Waals surface area contributed by atoms with E-state index in [4.69, 9.17) is 5.11 Å². The fourth-order valence-corrected chi connectivity index (χ4v) is 0.873. The molecule has 0 radical (unpaired) electrons. The molecule has 0 amide bonds. The van der Waals surface area contributed by atoms with Crippen LogP contribution in [0.15, 0.2) is 18.2 Å². The molecule has 1 aromatic rings. The summed E-state index contributed by atoms with van der Waals surface area (Å²) < 4.78 is 12.8. The third kappa shape index (κ3) is 1.61. The molecular formula is C7H4FNO4. The van der Waals surface area contributed by atoms with E-state index < -0.39 is 28.0 Å². The van der Waals surface area contributed by atoms with Crippen LogP contribution in [0.2, 0.25) is 0 Å².